The van der Waals surface area contributed by atoms with E-state index in [1.807, 2.05) is 0 Å². The third-order valence-corrected chi connectivity index (χ3v) is 4.42. The molecule has 0 aromatic heterocycles. The lowest BCUT2D eigenvalue weighted by Gasteiger charge is -2.24. The van der Waals surface area contributed by atoms with E-state index in [4.69, 9.17) is 16.3 Å². The number of hydrogen-bond donors (Lipinski definition) is 2. The fraction of sp³-hybridized carbons (Fsp3) is 0.529. The van der Waals surface area contributed by atoms with Gasteiger partial charge in [-0.3, -0.25) is 9.59 Å². The average Bonchev–Trinajstić information content (AvgIpc) is 3.06. The normalized spacial score (nSPS) is 17.8. The number of amides is 2. The number of rotatable bonds is 5. The number of carbonyl (C=O) groups excluding carboxylic acids is 2. The molecule has 1 heterocycles. The first kappa shape index (κ1) is 20.5. The van der Waals surface area contributed by atoms with E-state index in [1.54, 1.807) is 0 Å². The highest BCUT2D eigenvalue weighted by molar-refractivity contribution is 6.30. The molecule has 0 radical (unpaired) electrons. The first-order valence-electron chi connectivity index (χ1n) is 8.10. The third kappa shape index (κ3) is 4.88. The van der Waals surface area contributed by atoms with E-state index in [2.05, 4.69) is 10.6 Å². The summed E-state index contributed by atoms with van der Waals surface area (Å²) >= 11 is 5.61. The fourth-order valence-corrected chi connectivity index (χ4v) is 2.65. The Bertz CT molecular complexity index is 686. The standard InChI is InChI=1S/C17H20ClF3N2O3/c1-16(2,14(24)22-9-11-4-3-7-26-11)15(25)23-13-6-5-10(18)8-12(13)17(19,20)21/h5-6,8,11H,3-4,7,9H2,1-2H3,(H,22,24)(H,23,25). The molecule has 1 aromatic carbocycles. The Morgan fingerprint density at radius 3 is 2.54 bits per heavy atom. The minimum atomic E-state index is -4.69. The van der Waals surface area contributed by atoms with Crippen LogP contribution in [0.25, 0.3) is 0 Å². The van der Waals surface area contributed by atoms with Crippen molar-refractivity contribution < 1.29 is 27.5 Å². The van der Waals surface area contributed by atoms with Gasteiger partial charge in [0.25, 0.3) is 0 Å². The molecular weight excluding hydrogens is 373 g/mol. The molecule has 1 unspecified atom stereocenters. The topological polar surface area (TPSA) is 67.4 Å². The van der Waals surface area contributed by atoms with E-state index in [-0.39, 0.29) is 17.7 Å². The number of anilines is 1. The van der Waals surface area contributed by atoms with Crippen LogP contribution in [0, 0.1) is 5.41 Å². The predicted molar refractivity (Wildman–Crippen MR) is 90.8 cm³/mol. The molecule has 1 fully saturated rings. The number of nitrogens with one attached hydrogen (secondary N) is 2. The molecule has 26 heavy (non-hydrogen) atoms. The summed E-state index contributed by atoms with van der Waals surface area (Å²) in [6.45, 7) is 3.57. The fourth-order valence-electron chi connectivity index (χ4n) is 2.47. The molecule has 1 aliphatic heterocycles. The van der Waals surface area contributed by atoms with Crippen LogP contribution >= 0.6 is 11.6 Å². The zero-order valence-electron chi connectivity index (χ0n) is 14.4. The molecule has 1 saturated heterocycles. The molecule has 5 nitrogen and oxygen atoms in total. The second kappa shape index (κ2) is 7.84. The average molecular weight is 393 g/mol. The molecule has 0 spiro atoms. The van der Waals surface area contributed by atoms with Crippen molar-refractivity contribution in [2.45, 2.75) is 39.0 Å². The Labute approximate surface area is 154 Å². The smallest absolute Gasteiger partial charge is 0.376 e. The minimum Gasteiger partial charge on any atom is -0.376 e. The second-order valence-electron chi connectivity index (χ2n) is 6.61. The van der Waals surface area contributed by atoms with Gasteiger partial charge in [0, 0.05) is 18.2 Å². The van der Waals surface area contributed by atoms with Crippen molar-refractivity contribution in [3.05, 3.63) is 28.8 Å². The number of hydrogen-bond acceptors (Lipinski definition) is 3. The summed E-state index contributed by atoms with van der Waals surface area (Å²) in [5, 5.41) is 4.69. The lowest BCUT2D eigenvalue weighted by molar-refractivity contribution is -0.138. The van der Waals surface area contributed by atoms with E-state index >= 15 is 0 Å². The molecule has 0 saturated carbocycles. The van der Waals surface area contributed by atoms with Crippen LogP contribution in [0.3, 0.4) is 0 Å². The molecule has 144 valence electrons. The zero-order valence-corrected chi connectivity index (χ0v) is 15.1. The molecule has 0 bridgehead atoms. The Morgan fingerprint density at radius 2 is 1.96 bits per heavy atom. The van der Waals surface area contributed by atoms with Crippen LogP contribution in [0.4, 0.5) is 18.9 Å². The van der Waals surface area contributed by atoms with Gasteiger partial charge in [0.05, 0.1) is 17.4 Å². The molecule has 0 aliphatic carbocycles. The van der Waals surface area contributed by atoms with E-state index in [0.717, 1.165) is 25.0 Å². The van der Waals surface area contributed by atoms with Crippen molar-refractivity contribution in [1.29, 1.82) is 0 Å². The van der Waals surface area contributed by atoms with Gasteiger partial charge in [0.2, 0.25) is 11.8 Å². The molecule has 2 amide bonds. The maximum Gasteiger partial charge on any atom is 0.418 e. The van der Waals surface area contributed by atoms with Gasteiger partial charge in [-0.2, -0.15) is 13.2 Å². The highest BCUT2D eigenvalue weighted by Gasteiger charge is 2.39. The molecule has 2 rings (SSSR count). The molecule has 9 heteroatoms. The lowest BCUT2D eigenvalue weighted by atomic mass is 9.90. The quantitative estimate of drug-likeness (QED) is 0.752. The third-order valence-electron chi connectivity index (χ3n) is 4.18. The summed E-state index contributed by atoms with van der Waals surface area (Å²) in [6, 6.07) is 3.02. The van der Waals surface area contributed by atoms with E-state index in [0.29, 0.717) is 6.61 Å². The van der Waals surface area contributed by atoms with Crippen LogP contribution in [0.1, 0.15) is 32.3 Å². The Kier molecular flexibility index (Phi) is 6.18. The SMILES string of the molecule is CC(C)(C(=O)NCC1CCCO1)C(=O)Nc1ccc(Cl)cc1C(F)(F)F. The van der Waals surface area contributed by atoms with Crippen LogP contribution in [0.15, 0.2) is 18.2 Å². The van der Waals surface area contributed by atoms with Gasteiger partial charge in [-0.1, -0.05) is 11.6 Å². The monoisotopic (exact) mass is 392 g/mol. The molecule has 1 atom stereocenters. The predicted octanol–water partition coefficient (Wildman–Crippen LogP) is 3.62. The highest BCUT2D eigenvalue weighted by atomic mass is 35.5. The van der Waals surface area contributed by atoms with E-state index < -0.39 is 34.7 Å². The maximum absolute atomic E-state index is 13.1. The summed E-state index contributed by atoms with van der Waals surface area (Å²) in [4.78, 5) is 24.8. The van der Waals surface area contributed by atoms with Crippen molar-refractivity contribution in [3.8, 4) is 0 Å². The van der Waals surface area contributed by atoms with Crippen molar-refractivity contribution in [3.63, 3.8) is 0 Å². The van der Waals surface area contributed by atoms with Crippen LogP contribution < -0.4 is 10.6 Å². The summed E-state index contributed by atoms with van der Waals surface area (Å²) in [7, 11) is 0. The lowest BCUT2D eigenvalue weighted by Crippen LogP contribution is -2.47. The second-order valence-corrected chi connectivity index (χ2v) is 7.05. The van der Waals surface area contributed by atoms with E-state index in [1.165, 1.54) is 19.9 Å². The van der Waals surface area contributed by atoms with Gasteiger partial charge < -0.3 is 15.4 Å². The van der Waals surface area contributed by atoms with Gasteiger partial charge in [0.1, 0.15) is 5.41 Å². The first-order valence-corrected chi connectivity index (χ1v) is 8.47. The zero-order chi connectivity index (χ0) is 19.5. The first-order chi connectivity index (χ1) is 12.0. The number of carbonyl (C=O) groups is 2. The van der Waals surface area contributed by atoms with Crippen LogP contribution in [0.5, 0.6) is 0 Å². The van der Waals surface area contributed by atoms with Gasteiger partial charge in [-0.15, -0.1) is 0 Å². The largest absolute Gasteiger partial charge is 0.418 e. The molecule has 2 N–H and O–H groups in total. The Hall–Kier alpha value is -1.80. The van der Waals surface area contributed by atoms with Gasteiger partial charge in [0.15, 0.2) is 0 Å². The Balaban J connectivity index is 2.09. The number of alkyl halides is 3. The number of benzene rings is 1. The van der Waals surface area contributed by atoms with Gasteiger partial charge in [-0.05, 0) is 44.9 Å². The van der Waals surface area contributed by atoms with Crippen LogP contribution in [-0.2, 0) is 20.5 Å². The maximum atomic E-state index is 13.1. The van der Waals surface area contributed by atoms with Crippen LogP contribution in [-0.4, -0.2) is 31.1 Å². The highest BCUT2D eigenvalue weighted by Crippen LogP contribution is 2.37. The molecular formula is C17H20ClF3N2O3. The summed E-state index contributed by atoms with van der Waals surface area (Å²) < 4.78 is 44.8. The molecule has 1 aromatic rings. The Morgan fingerprint density at radius 1 is 1.27 bits per heavy atom. The van der Waals surface area contributed by atoms with Crippen molar-refractivity contribution in [1.82, 2.24) is 5.32 Å². The number of halogens is 4. The number of ether oxygens (including phenoxy) is 1. The van der Waals surface area contributed by atoms with Crippen molar-refractivity contribution in [2.75, 3.05) is 18.5 Å². The van der Waals surface area contributed by atoms with Gasteiger partial charge in [-0.25, -0.2) is 0 Å². The van der Waals surface area contributed by atoms with E-state index in [9.17, 15) is 22.8 Å². The summed E-state index contributed by atoms with van der Waals surface area (Å²) in [5.74, 6) is -1.44. The van der Waals surface area contributed by atoms with Crippen molar-refractivity contribution >= 4 is 29.1 Å². The summed E-state index contributed by atoms with van der Waals surface area (Å²) in [5.41, 5.74) is -3.10. The summed E-state index contributed by atoms with van der Waals surface area (Å²) in [6.07, 6.45) is -3.08. The molecule has 1 aliphatic rings. The minimum absolute atomic E-state index is 0.106. The van der Waals surface area contributed by atoms with Crippen molar-refractivity contribution in [2.24, 2.45) is 5.41 Å². The van der Waals surface area contributed by atoms with Gasteiger partial charge >= 0.3 is 6.18 Å². The van der Waals surface area contributed by atoms with Crippen LogP contribution in [0.2, 0.25) is 5.02 Å².